The van der Waals surface area contributed by atoms with Crippen molar-refractivity contribution in [3.05, 3.63) is 71.4 Å². The molecule has 2 aromatic carbocycles. The molecule has 1 aliphatic heterocycles. The Balaban J connectivity index is 0.00000289. The lowest BCUT2D eigenvalue weighted by Gasteiger charge is -2.28. The van der Waals surface area contributed by atoms with Crippen LogP contribution in [-0.2, 0) is 6.18 Å². The summed E-state index contributed by atoms with van der Waals surface area (Å²) in [4.78, 5) is 12.6. The van der Waals surface area contributed by atoms with E-state index in [0.717, 1.165) is 12.1 Å². The maximum atomic E-state index is 13.3. The zero-order chi connectivity index (χ0) is 22.2. The Bertz CT molecular complexity index is 1180. The smallest absolute Gasteiger partial charge is 0.349 e. The highest BCUT2D eigenvalue weighted by Crippen LogP contribution is 2.41. The van der Waals surface area contributed by atoms with Gasteiger partial charge in [-0.15, -0.1) is 12.4 Å². The molecule has 0 bridgehead atoms. The lowest BCUT2D eigenvalue weighted by atomic mass is 9.98. The molecule has 1 amide bonds. The van der Waals surface area contributed by atoms with Crippen molar-refractivity contribution in [2.75, 3.05) is 13.1 Å². The van der Waals surface area contributed by atoms with Gasteiger partial charge in [0, 0.05) is 12.1 Å². The maximum absolute atomic E-state index is 13.3. The van der Waals surface area contributed by atoms with Crippen LogP contribution in [0.5, 0.6) is 0 Å². The Hall–Kier alpha value is -3.28. The Morgan fingerprint density at radius 1 is 1.12 bits per heavy atom. The molecule has 3 aromatic rings. The highest BCUT2D eigenvalue weighted by Gasteiger charge is 2.33. The molecule has 9 heteroatoms. The molecule has 5 nitrogen and oxygen atoms in total. The SMILES string of the molecule is Cl.N#Cc1ccc(-c2c(-c3cccc(C(F)(F)F)c3)cc3n2C(CCN)CNC3=O)cc1. The zero-order valence-corrected chi connectivity index (χ0v) is 17.6. The second-order valence-electron chi connectivity index (χ2n) is 7.37. The van der Waals surface area contributed by atoms with Gasteiger partial charge in [-0.1, -0.05) is 24.3 Å². The molecule has 1 unspecified atom stereocenters. The summed E-state index contributed by atoms with van der Waals surface area (Å²) in [6.45, 7) is 0.771. The second-order valence-corrected chi connectivity index (χ2v) is 7.37. The molecule has 0 aliphatic carbocycles. The van der Waals surface area contributed by atoms with Gasteiger partial charge in [0.2, 0.25) is 0 Å². The summed E-state index contributed by atoms with van der Waals surface area (Å²) in [6, 6.07) is 15.4. The van der Waals surface area contributed by atoms with Crippen molar-refractivity contribution in [1.29, 1.82) is 5.26 Å². The average Bonchev–Trinajstić information content (AvgIpc) is 3.17. The Morgan fingerprint density at radius 2 is 1.84 bits per heavy atom. The predicted molar refractivity (Wildman–Crippen MR) is 117 cm³/mol. The summed E-state index contributed by atoms with van der Waals surface area (Å²) >= 11 is 0. The number of fused-ring (bicyclic) bond motifs is 1. The molecule has 0 spiro atoms. The molecular weight excluding hydrogens is 441 g/mol. The van der Waals surface area contributed by atoms with Gasteiger partial charge in [-0.2, -0.15) is 18.4 Å². The first kappa shape index (κ1) is 23.4. The van der Waals surface area contributed by atoms with Crippen molar-refractivity contribution < 1.29 is 18.0 Å². The van der Waals surface area contributed by atoms with Crippen molar-refractivity contribution in [2.45, 2.75) is 18.6 Å². The van der Waals surface area contributed by atoms with E-state index >= 15 is 0 Å². The monoisotopic (exact) mass is 460 g/mol. The largest absolute Gasteiger partial charge is 0.416 e. The van der Waals surface area contributed by atoms with Crippen molar-refractivity contribution in [3.63, 3.8) is 0 Å². The molecule has 166 valence electrons. The van der Waals surface area contributed by atoms with Crippen LogP contribution >= 0.6 is 12.4 Å². The van der Waals surface area contributed by atoms with Gasteiger partial charge >= 0.3 is 6.18 Å². The van der Waals surface area contributed by atoms with Crippen LogP contribution in [0.1, 0.15) is 34.1 Å². The molecule has 1 aliphatic rings. The third kappa shape index (κ3) is 4.22. The molecule has 1 aromatic heterocycles. The number of rotatable bonds is 4. The number of nitrogens with one attached hydrogen (secondary N) is 1. The summed E-state index contributed by atoms with van der Waals surface area (Å²) in [5, 5.41) is 11.9. The van der Waals surface area contributed by atoms with Crippen LogP contribution < -0.4 is 11.1 Å². The molecule has 0 saturated heterocycles. The standard InChI is InChI=1S/C23H19F3N4O.ClH/c24-23(25,26)17-3-1-2-16(10-17)19-11-20-22(31)29-13-18(8-9-27)30(20)21(19)15-6-4-14(12-28)5-7-15;/h1-7,10-11,18H,8-9,13,27H2,(H,29,31);1H. The summed E-state index contributed by atoms with van der Waals surface area (Å²) in [6.07, 6.45) is -3.89. The first-order valence-corrected chi connectivity index (χ1v) is 9.75. The fourth-order valence-electron chi connectivity index (χ4n) is 3.98. The number of nitrogens with zero attached hydrogens (tertiary/aromatic N) is 2. The van der Waals surface area contributed by atoms with Crippen molar-refractivity contribution in [1.82, 2.24) is 9.88 Å². The molecular formula is C23H20ClF3N4O. The minimum atomic E-state index is -4.48. The fraction of sp³-hybridized carbons (Fsp3) is 0.217. The van der Waals surface area contributed by atoms with E-state index in [1.54, 1.807) is 36.4 Å². The van der Waals surface area contributed by atoms with Gasteiger partial charge in [-0.05, 0) is 54.4 Å². The molecule has 4 rings (SSSR count). The molecule has 1 atom stereocenters. The molecule has 0 fully saturated rings. The van der Waals surface area contributed by atoms with Gasteiger partial charge in [0.15, 0.2) is 0 Å². The lowest BCUT2D eigenvalue weighted by molar-refractivity contribution is -0.137. The normalized spacial score (nSPS) is 15.3. The predicted octanol–water partition coefficient (Wildman–Crippen LogP) is 4.77. The third-order valence-corrected chi connectivity index (χ3v) is 5.42. The van der Waals surface area contributed by atoms with Crippen LogP contribution in [0.4, 0.5) is 13.2 Å². The zero-order valence-electron chi connectivity index (χ0n) is 16.8. The topological polar surface area (TPSA) is 83.8 Å². The number of carbonyl (C=O) groups excluding carboxylic acids is 1. The third-order valence-electron chi connectivity index (χ3n) is 5.42. The summed E-state index contributed by atoms with van der Waals surface area (Å²) in [5.41, 5.74) is 8.06. The number of nitriles is 1. The number of hydrogen-bond acceptors (Lipinski definition) is 3. The molecule has 2 heterocycles. The van der Waals surface area contributed by atoms with E-state index in [2.05, 4.69) is 11.4 Å². The minimum Gasteiger partial charge on any atom is -0.349 e. The van der Waals surface area contributed by atoms with Crippen LogP contribution in [-0.4, -0.2) is 23.6 Å². The van der Waals surface area contributed by atoms with E-state index in [1.165, 1.54) is 6.07 Å². The number of alkyl halides is 3. The Labute approximate surface area is 189 Å². The first-order valence-electron chi connectivity index (χ1n) is 9.75. The van der Waals surface area contributed by atoms with Crippen molar-refractivity contribution in [2.24, 2.45) is 5.73 Å². The number of amides is 1. The minimum absolute atomic E-state index is 0. The van der Waals surface area contributed by atoms with Crippen molar-refractivity contribution >= 4 is 18.3 Å². The van der Waals surface area contributed by atoms with E-state index in [-0.39, 0.29) is 24.4 Å². The van der Waals surface area contributed by atoms with Crippen LogP contribution in [0.25, 0.3) is 22.4 Å². The molecule has 32 heavy (non-hydrogen) atoms. The maximum Gasteiger partial charge on any atom is 0.416 e. The lowest BCUT2D eigenvalue weighted by Crippen LogP contribution is -2.39. The highest BCUT2D eigenvalue weighted by molar-refractivity contribution is 5.98. The van der Waals surface area contributed by atoms with E-state index < -0.39 is 11.7 Å². The van der Waals surface area contributed by atoms with Crippen LogP contribution in [0.3, 0.4) is 0 Å². The number of nitrogens with two attached hydrogens (primary N) is 1. The van der Waals surface area contributed by atoms with E-state index in [4.69, 9.17) is 11.0 Å². The summed E-state index contributed by atoms with van der Waals surface area (Å²) in [7, 11) is 0. The summed E-state index contributed by atoms with van der Waals surface area (Å²) in [5.74, 6) is -0.290. The quantitative estimate of drug-likeness (QED) is 0.588. The van der Waals surface area contributed by atoms with Gasteiger partial charge in [0.25, 0.3) is 5.91 Å². The van der Waals surface area contributed by atoms with Crippen LogP contribution in [0.2, 0.25) is 0 Å². The van der Waals surface area contributed by atoms with E-state index in [9.17, 15) is 18.0 Å². The van der Waals surface area contributed by atoms with Gasteiger partial charge in [-0.25, -0.2) is 0 Å². The van der Waals surface area contributed by atoms with E-state index in [1.807, 2.05) is 4.57 Å². The van der Waals surface area contributed by atoms with Crippen LogP contribution in [0, 0.1) is 11.3 Å². The fourth-order valence-corrected chi connectivity index (χ4v) is 3.98. The van der Waals surface area contributed by atoms with Gasteiger partial charge < -0.3 is 15.6 Å². The van der Waals surface area contributed by atoms with Gasteiger partial charge in [-0.3, -0.25) is 4.79 Å². The number of carbonyl (C=O) groups is 1. The Morgan fingerprint density at radius 3 is 2.47 bits per heavy atom. The first-order chi connectivity index (χ1) is 14.8. The number of halogens is 4. The number of benzene rings is 2. The number of aromatic nitrogens is 1. The van der Waals surface area contributed by atoms with Crippen LogP contribution in [0.15, 0.2) is 54.6 Å². The summed E-state index contributed by atoms with van der Waals surface area (Å²) < 4.78 is 41.8. The van der Waals surface area contributed by atoms with E-state index in [0.29, 0.717) is 53.2 Å². The highest BCUT2D eigenvalue weighted by atomic mass is 35.5. The molecule has 3 N–H and O–H groups in total. The molecule has 0 saturated carbocycles. The second kappa shape index (κ2) is 9.07. The van der Waals surface area contributed by atoms with Crippen molar-refractivity contribution in [3.8, 4) is 28.5 Å². The Kier molecular flexibility index (Phi) is 6.63. The van der Waals surface area contributed by atoms with Gasteiger partial charge in [0.05, 0.1) is 28.9 Å². The van der Waals surface area contributed by atoms with Gasteiger partial charge in [0.1, 0.15) is 5.69 Å². The average molecular weight is 461 g/mol. The number of hydrogen-bond donors (Lipinski definition) is 2. The molecule has 0 radical (unpaired) electrons.